The number of nitrogens with zero attached hydrogens (tertiary/aromatic N) is 2. The average molecular weight is 466 g/mol. The first-order chi connectivity index (χ1) is 14.2. The zero-order valence-corrected chi connectivity index (χ0v) is 19.0. The molecule has 10 heteroatoms. The Kier molecular flexibility index (Phi) is 6.84. The third-order valence-corrected chi connectivity index (χ3v) is 7.12. The van der Waals surface area contributed by atoms with Crippen LogP contribution in [0.4, 0.5) is 5.95 Å². The fraction of sp³-hybridized carbons (Fsp3) is 0.250. The highest BCUT2D eigenvalue weighted by Gasteiger charge is 2.23. The van der Waals surface area contributed by atoms with Gasteiger partial charge in [-0.2, -0.15) is 0 Å². The predicted molar refractivity (Wildman–Crippen MR) is 119 cm³/mol. The minimum Gasteiger partial charge on any atom is -0.465 e. The van der Waals surface area contributed by atoms with Crippen molar-refractivity contribution in [3.8, 4) is 0 Å². The molecule has 0 saturated heterocycles. The van der Waals surface area contributed by atoms with E-state index in [0.717, 1.165) is 17.1 Å². The summed E-state index contributed by atoms with van der Waals surface area (Å²) >= 11 is 7.23. The SMILES string of the molecule is CCOC(=O)CSc1cc(Cl)c(C)cc1S(=O)(=O)Nc1nc(C)c2ccccc2n1. The number of carbonyl (C=O) groups is 1. The Morgan fingerprint density at radius 1 is 1.20 bits per heavy atom. The molecule has 0 amide bonds. The summed E-state index contributed by atoms with van der Waals surface area (Å²) in [6.07, 6.45) is 0. The number of para-hydroxylation sites is 1. The molecule has 7 nitrogen and oxygen atoms in total. The lowest BCUT2D eigenvalue weighted by Gasteiger charge is -2.14. The molecule has 0 radical (unpaired) electrons. The van der Waals surface area contributed by atoms with E-state index in [1.54, 1.807) is 26.8 Å². The molecular formula is C20H20ClN3O4S2. The molecule has 0 aliphatic rings. The zero-order chi connectivity index (χ0) is 21.9. The van der Waals surface area contributed by atoms with Crippen LogP contribution in [0.3, 0.4) is 0 Å². The van der Waals surface area contributed by atoms with Crippen molar-refractivity contribution in [1.82, 2.24) is 9.97 Å². The number of esters is 1. The van der Waals surface area contributed by atoms with Crippen molar-refractivity contribution in [1.29, 1.82) is 0 Å². The summed E-state index contributed by atoms with van der Waals surface area (Å²) in [5.74, 6) is -0.509. The van der Waals surface area contributed by atoms with Gasteiger partial charge < -0.3 is 4.74 Å². The van der Waals surface area contributed by atoms with E-state index in [9.17, 15) is 13.2 Å². The number of nitrogens with one attached hydrogen (secondary N) is 1. The van der Waals surface area contributed by atoms with Crippen molar-refractivity contribution < 1.29 is 17.9 Å². The van der Waals surface area contributed by atoms with E-state index < -0.39 is 16.0 Å². The first-order valence-corrected chi connectivity index (χ1v) is 11.9. The van der Waals surface area contributed by atoms with Gasteiger partial charge in [-0.05, 0) is 44.5 Å². The molecule has 3 rings (SSSR count). The summed E-state index contributed by atoms with van der Waals surface area (Å²) in [5.41, 5.74) is 1.88. The van der Waals surface area contributed by atoms with E-state index in [-0.39, 0.29) is 23.2 Å². The molecule has 1 heterocycles. The highest BCUT2D eigenvalue weighted by atomic mass is 35.5. The van der Waals surface area contributed by atoms with Crippen LogP contribution in [0.5, 0.6) is 0 Å². The van der Waals surface area contributed by atoms with Gasteiger partial charge in [0.25, 0.3) is 10.0 Å². The highest BCUT2D eigenvalue weighted by Crippen LogP contribution is 2.33. The van der Waals surface area contributed by atoms with Crippen LogP contribution >= 0.6 is 23.4 Å². The Morgan fingerprint density at radius 3 is 2.67 bits per heavy atom. The van der Waals surface area contributed by atoms with Crippen molar-refractivity contribution in [2.24, 2.45) is 0 Å². The number of halogens is 1. The van der Waals surface area contributed by atoms with Crippen LogP contribution in [0.2, 0.25) is 5.02 Å². The van der Waals surface area contributed by atoms with Crippen LogP contribution < -0.4 is 4.72 Å². The van der Waals surface area contributed by atoms with Gasteiger partial charge in [0.15, 0.2) is 0 Å². The molecule has 0 saturated carbocycles. The maximum absolute atomic E-state index is 13.1. The number of carbonyl (C=O) groups excluding carboxylic acids is 1. The standard InChI is InChI=1S/C20H20ClN3O4S2/c1-4-28-19(25)11-29-17-10-15(21)12(2)9-18(17)30(26,27)24-20-22-13(3)14-7-5-6-8-16(14)23-20/h5-10H,4,11H2,1-3H3,(H,22,23,24). The van der Waals surface area contributed by atoms with Gasteiger partial charge in [0.1, 0.15) is 4.90 Å². The second kappa shape index (κ2) is 9.20. The molecule has 30 heavy (non-hydrogen) atoms. The zero-order valence-electron chi connectivity index (χ0n) is 16.6. The molecule has 0 aliphatic carbocycles. The van der Waals surface area contributed by atoms with Crippen LogP contribution in [0.15, 0.2) is 46.2 Å². The Hall–Kier alpha value is -2.36. The first kappa shape index (κ1) is 22.3. The van der Waals surface area contributed by atoms with Crippen molar-refractivity contribution in [3.63, 3.8) is 0 Å². The smallest absolute Gasteiger partial charge is 0.316 e. The van der Waals surface area contributed by atoms with Crippen LogP contribution in [-0.2, 0) is 19.6 Å². The van der Waals surface area contributed by atoms with E-state index in [2.05, 4.69) is 14.7 Å². The summed E-state index contributed by atoms with van der Waals surface area (Å²) < 4.78 is 33.6. The van der Waals surface area contributed by atoms with Crippen molar-refractivity contribution in [3.05, 3.63) is 52.7 Å². The van der Waals surface area contributed by atoms with Crippen LogP contribution in [-0.4, -0.2) is 36.7 Å². The van der Waals surface area contributed by atoms with Gasteiger partial charge >= 0.3 is 5.97 Å². The normalized spacial score (nSPS) is 11.5. The van der Waals surface area contributed by atoms with Gasteiger partial charge in [-0.3, -0.25) is 4.79 Å². The van der Waals surface area contributed by atoms with E-state index in [0.29, 0.717) is 26.7 Å². The number of fused-ring (bicyclic) bond motifs is 1. The lowest BCUT2D eigenvalue weighted by atomic mass is 10.2. The number of thioether (sulfide) groups is 1. The highest BCUT2D eigenvalue weighted by molar-refractivity contribution is 8.01. The molecule has 0 unspecified atom stereocenters. The second-order valence-corrected chi connectivity index (χ2v) is 9.47. The lowest BCUT2D eigenvalue weighted by molar-refractivity contribution is -0.139. The molecular weight excluding hydrogens is 446 g/mol. The summed E-state index contributed by atoms with van der Waals surface area (Å²) in [6, 6.07) is 10.3. The van der Waals surface area contributed by atoms with E-state index >= 15 is 0 Å². The molecule has 0 aliphatic heterocycles. The number of rotatable bonds is 7. The molecule has 0 bridgehead atoms. The van der Waals surface area contributed by atoms with Crippen molar-refractivity contribution >= 4 is 56.2 Å². The first-order valence-electron chi connectivity index (χ1n) is 9.06. The van der Waals surface area contributed by atoms with E-state index in [4.69, 9.17) is 16.3 Å². The fourth-order valence-corrected chi connectivity index (χ4v) is 5.35. The number of hydrogen-bond donors (Lipinski definition) is 1. The van der Waals surface area contributed by atoms with Gasteiger partial charge in [-0.25, -0.2) is 23.1 Å². The number of benzene rings is 2. The van der Waals surface area contributed by atoms with Gasteiger partial charge in [0, 0.05) is 15.3 Å². The Bertz CT molecular complexity index is 1220. The molecule has 0 spiro atoms. The Labute approximate surface area is 184 Å². The minimum atomic E-state index is -4.04. The quantitative estimate of drug-likeness (QED) is 0.409. The molecule has 2 aromatic carbocycles. The molecule has 1 aromatic heterocycles. The molecule has 0 fully saturated rings. The molecule has 158 valence electrons. The number of sulfonamides is 1. The van der Waals surface area contributed by atoms with Gasteiger partial charge in [0.05, 0.1) is 23.6 Å². The third-order valence-electron chi connectivity index (χ3n) is 4.18. The number of hydrogen-bond acceptors (Lipinski definition) is 7. The number of aromatic nitrogens is 2. The second-order valence-electron chi connectivity index (χ2n) is 6.40. The maximum Gasteiger partial charge on any atom is 0.316 e. The van der Waals surface area contributed by atoms with Crippen LogP contribution in [0.1, 0.15) is 18.2 Å². The molecule has 0 atom stereocenters. The fourth-order valence-electron chi connectivity index (χ4n) is 2.75. The van der Waals surface area contributed by atoms with Gasteiger partial charge in [-0.1, -0.05) is 29.8 Å². The van der Waals surface area contributed by atoms with Gasteiger partial charge in [-0.15, -0.1) is 11.8 Å². The largest absolute Gasteiger partial charge is 0.465 e. The Balaban J connectivity index is 1.97. The topological polar surface area (TPSA) is 98.2 Å². The summed E-state index contributed by atoms with van der Waals surface area (Å²) in [6.45, 7) is 5.45. The maximum atomic E-state index is 13.1. The third kappa shape index (κ3) is 5.03. The number of ether oxygens (including phenoxy) is 1. The van der Waals surface area contributed by atoms with E-state index in [1.807, 2.05) is 18.2 Å². The summed E-state index contributed by atoms with van der Waals surface area (Å²) in [7, 11) is -4.04. The van der Waals surface area contributed by atoms with Gasteiger partial charge in [0.2, 0.25) is 5.95 Å². The number of aryl methyl sites for hydroxylation is 2. The minimum absolute atomic E-state index is 0.00638. The number of anilines is 1. The Morgan fingerprint density at radius 2 is 1.93 bits per heavy atom. The summed E-state index contributed by atoms with van der Waals surface area (Å²) in [4.78, 5) is 20.6. The van der Waals surface area contributed by atoms with Crippen LogP contribution in [0.25, 0.3) is 10.9 Å². The average Bonchev–Trinajstić information content (AvgIpc) is 2.68. The molecule has 1 N–H and O–H groups in total. The monoisotopic (exact) mass is 465 g/mol. The van der Waals surface area contributed by atoms with E-state index in [1.165, 1.54) is 12.1 Å². The lowest BCUT2D eigenvalue weighted by Crippen LogP contribution is -2.17. The van der Waals surface area contributed by atoms with Crippen LogP contribution in [0, 0.1) is 13.8 Å². The summed E-state index contributed by atoms with van der Waals surface area (Å²) in [5, 5.41) is 1.24. The molecule has 3 aromatic rings. The predicted octanol–water partition coefficient (Wildman–Crippen LogP) is 4.36. The van der Waals surface area contributed by atoms with Crippen molar-refractivity contribution in [2.45, 2.75) is 30.6 Å². The van der Waals surface area contributed by atoms with Crippen molar-refractivity contribution in [2.75, 3.05) is 17.1 Å².